The van der Waals surface area contributed by atoms with Crippen LogP contribution in [-0.2, 0) is 56.0 Å². The number of aliphatic hydroxyl groups is 1. The van der Waals surface area contributed by atoms with Gasteiger partial charge in [-0.1, -0.05) is 136 Å². The fourth-order valence-electron chi connectivity index (χ4n) is 10.9. The lowest BCUT2D eigenvalue weighted by molar-refractivity contribution is -0.143. The number of rotatable bonds is 45. The van der Waals surface area contributed by atoms with Crippen molar-refractivity contribution in [3.63, 3.8) is 0 Å². The Bertz CT molecular complexity index is 2480. The smallest absolute Gasteiger partial charge is 0.326 e. The van der Waals surface area contributed by atoms with E-state index in [0.29, 0.717) is 55.5 Å². The molecule has 3 rings (SSSR count). The van der Waals surface area contributed by atoms with Gasteiger partial charge in [-0.15, -0.1) is 0 Å². The number of amides is 8. The van der Waals surface area contributed by atoms with Gasteiger partial charge in [0.25, 0.3) is 0 Å². The number of nitrogens with zero attached hydrogens (tertiary/aromatic N) is 1. The zero-order valence-corrected chi connectivity index (χ0v) is 54.8. The molecule has 0 saturated carbocycles. The summed E-state index contributed by atoms with van der Waals surface area (Å²) in [4.78, 5) is 127. The van der Waals surface area contributed by atoms with E-state index in [0.717, 1.165) is 19.3 Å². The number of carboxylic acids is 1. The molecule has 1 aliphatic rings. The van der Waals surface area contributed by atoms with E-state index < -0.39 is 102 Å². The highest BCUT2D eigenvalue weighted by Gasteiger charge is 2.41. The van der Waals surface area contributed by atoms with Crippen LogP contribution in [0.5, 0.6) is 11.5 Å². The van der Waals surface area contributed by atoms with Crippen LogP contribution < -0.4 is 43.0 Å². The normalized spacial score (nSPS) is 15.8. The number of nitrogens with one attached hydrogen (secondary N) is 7. The number of hydrogen-bond donors (Lipinski definition) is 12. The number of carboxylic acid groups (broad SMARTS) is 1. The first-order chi connectivity index (χ1) is 42.5. The number of likely N-dealkylation sites (tertiary alicyclic amines) is 1. The molecule has 1 heterocycles. The Morgan fingerprint density at radius 2 is 1.00 bits per heavy atom. The number of aliphatic carboxylic acids is 1. The number of aromatic hydroxyl groups is 2. The number of phenols is 2. The van der Waals surface area contributed by atoms with Gasteiger partial charge >= 0.3 is 5.97 Å². The van der Waals surface area contributed by atoms with Gasteiger partial charge in [0.15, 0.2) is 0 Å². The molecule has 2 aromatic carbocycles. The monoisotopic (exact) mass is 1270 g/mol. The summed E-state index contributed by atoms with van der Waals surface area (Å²) >= 11 is 1.45. The standard InChI is InChI=1S/C66H107N9O13S/c1-8-9-10-11-12-13-14-15-16-17-18-19-20-26-57(79)68-52(39-43(2)3)60(81)69-50(35-38-89-7)59(80)73-55(42-47-29-33-49(78)34-30-47)65(86)75-37-23-25-56(75)63(84)74-58(45(6)76)64(85)72-54(41-46-27-31-48(77)32-28-46)62(83)71-53(40-44(4)5)61(82)70-51(66(87)88)24-21-22-36-67/h27-34,43-45,50-56,58,76-78H,8-26,35-42,67H2,1-7H3,(H,68,79)(H,69,81)(H,70,82)(H,71,83)(H,72,85)(H,73,80)(H,74,84)(H,87,88)/t45-,50+,51+,52+,53+,54+,55+,56+,58+/m1/s1. The minimum absolute atomic E-state index is 0.0117. The van der Waals surface area contributed by atoms with Crippen LogP contribution in [0, 0.1) is 11.8 Å². The SMILES string of the molecule is CCCCCCCCCCCCCCCC(=O)N[C@@H](CC(C)C)C(=O)N[C@@H](CCSC)C(=O)N[C@@H](Cc1ccc(O)cc1)C(=O)N1CCC[C@H]1C(=O)N[C@H](C(=O)N[C@@H](Cc1ccc(O)cc1)C(=O)N[C@@H](CC(C)C)C(=O)N[C@@H](CCCCN)C(=O)O)[C@@H](C)O. The van der Waals surface area contributed by atoms with E-state index in [-0.39, 0.29) is 80.7 Å². The van der Waals surface area contributed by atoms with Crippen LogP contribution in [0.3, 0.4) is 0 Å². The molecule has 0 unspecified atom stereocenters. The molecule has 1 saturated heterocycles. The Balaban J connectivity index is 1.82. The van der Waals surface area contributed by atoms with Crippen molar-refractivity contribution in [2.24, 2.45) is 17.6 Å². The molecule has 0 spiro atoms. The predicted octanol–water partition coefficient (Wildman–Crippen LogP) is 6.19. The maximum absolute atomic E-state index is 14.9. The van der Waals surface area contributed by atoms with E-state index in [2.05, 4.69) is 44.1 Å². The zero-order valence-electron chi connectivity index (χ0n) is 54.0. The van der Waals surface area contributed by atoms with Crippen LogP contribution in [0.1, 0.15) is 194 Å². The second kappa shape index (κ2) is 42.5. The number of carbonyl (C=O) groups is 9. The Morgan fingerprint density at radius 1 is 0.551 bits per heavy atom. The molecule has 1 fully saturated rings. The number of phenolic OH excluding ortho intramolecular Hbond substituents is 2. The van der Waals surface area contributed by atoms with Crippen LogP contribution in [0.15, 0.2) is 48.5 Å². The molecule has 500 valence electrons. The van der Waals surface area contributed by atoms with Gasteiger partial charge in [-0.2, -0.15) is 11.8 Å². The Kier molecular flexibility index (Phi) is 36.7. The summed E-state index contributed by atoms with van der Waals surface area (Å²) in [5.74, 6) is -6.64. The summed E-state index contributed by atoms with van der Waals surface area (Å²) in [5, 5.41) is 60.2. The number of aliphatic hydroxyl groups excluding tert-OH is 1. The summed E-state index contributed by atoms with van der Waals surface area (Å²) in [6, 6.07) is 1.55. The van der Waals surface area contributed by atoms with E-state index >= 15 is 0 Å². The van der Waals surface area contributed by atoms with Gasteiger partial charge in [0.1, 0.15) is 59.8 Å². The first-order valence-corrected chi connectivity index (χ1v) is 33.9. The molecular weight excluding hydrogens is 1160 g/mol. The highest BCUT2D eigenvalue weighted by atomic mass is 32.2. The molecule has 13 N–H and O–H groups in total. The van der Waals surface area contributed by atoms with Gasteiger partial charge < -0.3 is 68.3 Å². The van der Waals surface area contributed by atoms with Crippen molar-refractivity contribution in [3.05, 3.63) is 59.7 Å². The van der Waals surface area contributed by atoms with Crippen molar-refractivity contribution in [2.45, 2.75) is 250 Å². The fraction of sp³-hybridized carbons (Fsp3) is 0.682. The minimum Gasteiger partial charge on any atom is -0.508 e. The number of hydrogen-bond acceptors (Lipinski definition) is 14. The molecule has 89 heavy (non-hydrogen) atoms. The summed E-state index contributed by atoms with van der Waals surface area (Å²) in [6.07, 6.45) is 17.6. The Morgan fingerprint density at radius 3 is 1.49 bits per heavy atom. The summed E-state index contributed by atoms with van der Waals surface area (Å²) in [6.45, 7) is 11.4. The minimum atomic E-state index is -1.70. The van der Waals surface area contributed by atoms with Crippen LogP contribution >= 0.6 is 11.8 Å². The topological polar surface area (TPSA) is 348 Å². The lowest BCUT2D eigenvalue weighted by Crippen LogP contribution is -2.62. The van der Waals surface area contributed by atoms with Gasteiger partial charge in [-0.25, -0.2) is 4.79 Å². The lowest BCUT2D eigenvalue weighted by atomic mass is 10.00. The zero-order chi connectivity index (χ0) is 65.8. The van der Waals surface area contributed by atoms with Crippen molar-refractivity contribution >= 4 is 65.0 Å². The molecule has 2 aromatic rings. The van der Waals surface area contributed by atoms with E-state index in [9.17, 15) is 63.6 Å². The van der Waals surface area contributed by atoms with Gasteiger partial charge in [0, 0.05) is 25.8 Å². The number of benzene rings is 2. The first-order valence-electron chi connectivity index (χ1n) is 32.6. The second-order valence-electron chi connectivity index (χ2n) is 24.7. The number of nitrogens with two attached hydrogens (primary N) is 1. The average Bonchev–Trinajstić information content (AvgIpc) is 2.89. The van der Waals surface area contributed by atoms with Crippen molar-refractivity contribution < 1.29 is 63.6 Å². The van der Waals surface area contributed by atoms with E-state index in [1.54, 1.807) is 26.0 Å². The largest absolute Gasteiger partial charge is 0.508 e. The third-order valence-corrected chi connectivity index (χ3v) is 16.6. The van der Waals surface area contributed by atoms with Gasteiger partial charge in [-0.3, -0.25) is 38.4 Å². The fourth-order valence-corrected chi connectivity index (χ4v) is 11.4. The van der Waals surface area contributed by atoms with Crippen molar-refractivity contribution in [1.29, 1.82) is 0 Å². The van der Waals surface area contributed by atoms with E-state index in [1.807, 2.05) is 20.1 Å². The Labute approximate surface area is 532 Å². The molecule has 1 aliphatic heterocycles. The van der Waals surface area contributed by atoms with Crippen LogP contribution in [0.2, 0.25) is 0 Å². The summed E-state index contributed by atoms with van der Waals surface area (Å²) in [5.41, 5.74) is 6.61. The number of unbranched alkanes of at least 4 members (excludes halogenated alkanes) is 13. The maximum atomic E-state index is 14.9. The molecule has 0 aliphatic carbocycles. The third-order valence-electron chi connectivity index (χ3n) is 15.9. The molecule has 9 atom stereocenters. The van der Waals surface area contributed by atoms with Crippen LogP contribution in [-0.4, -0.2) is 158 Å². The third kappa shape index (κ3) is 29.8. The summed E-state index contributed by atoms with van der Waals surface area (Å²) < 4.78 is 0. The summed E-state index contributed by atoms with van der Waals surface area (Å²) in [7, 11) is 0. The molecule has 22 nitrogen and oxygen atoms in total. The average molecular weight is 1270 g/mol. The van der Waals surface area contributed by atoms with Gasteiger partial charge in [0.05, 0.1) is 6.10 Å². The number of thioether (sulfide) groups is 1. The van der Waals surface area contributed by atoms with E-state index in [1.165, 1.54) is 118 Å². The van der Waals surface area contributed by atoms with E-state index in [4.69, 9.17) is 5.73 Å². The molecular formula is C66H107N9O13S. The molecule has 0 aromatic heterocycles. The molecule has 0 bridgehead atoms. The number of carbonyl (C=O) groups excluding carboxylic acids is 8. The van der Waals surface area contributed by atoms with Crippen molar-refractivity contribution in [1.82, 2.24) is 42.1 Å². The van der Waals surface area contributed by atoms with Crippen molar-refractivity contribution in [3.8, 4) is 11.5 Å². The van der Waals surface area contributed by atoms with Gasteiger partial charge in [-0.05, 0) is 130 Å². The van der Waals surface area contributed by atoms with Crippen LogP contribution in [0.4, 0.5) is 0 Å². The maximum Gasteiger partial charge on any atom is 0.326 e. The Hall–Kier alpha value is -6.46. The van der Waals surface area contributed by atoms with Crippen molar-refractivity contribution in [2.75, 3.05) is 25.1 Å². The molecule has 23 heteroatoms. The highest BCUT2D eigenvalue weighted by molar-refractivity contribution is 7.98. The highest BCUT2D eigenvalue weighted by Crippen LogP contribution is 2.23. The van der Waals surface area contributed by atoms with Gasteiger partial charge in [0.2, 0.25) is 47.3 Å². The second-order valence-corrected chi connectivity index (χ2v) is 25.7. The lowest BCUT2D eigenvalue weighted by Gasteiger charge is -2.32. The quantitative estimate of drug-likeness (QED) is 0.0329. The molecule has 0 radical (unpaired) electrons. The predicted molar refractivity (Wildman–Crippen MR) is 346 cm³/mol. The van der Waals surface area contributed by atoms with Crippen LogP contribution in [0.25, 0.3) is 0 Å². The first kappa shape index (κ1) is 76.8. The molecule has 8 amide bonds.